The zero-order valence-corrected chi connectivity index (χ0v) is 14.7. The van der Waals surface area contributed by atoms with E-state index in [1.807, 2.05) is 12.1 Å². The van der Waals surface area contributed by atoms with Crippen LogP contribution in [0.2, 0.25) is 0 Å². The maximum atomic E-state index is 12.4. The second-order valence-corrected chi connectivity index (χ2v) is 6.52. The summed E-state index contributed by atoms with van der Waals surface area (Å²) in [5.74, 6) is -0.954. The van der Waals surface area contributed by atoms with E-state index < -0.39 is 5.97 Å². The average molecular weight is 347 g/mol. The van der Waals surface area contributed by atoms with Crippen molar-refractivity contribution in [1.29, 1.82) is 0 Å². The summed E-state index contributed by atoms with van der Waals surface area (Å²) >= 11 is 0. The quantitative estimate of drug-likeness (QED) is 0.853. The van der Waals surface area contributed by atoms with Crippen molar-refractivity contribution in [2.24, 2.45) is 5.92 Å². The fourth-order valence-corrected chi connectivity index (χ4v) is 2.87. The van der Waals surface area contributed by atoms with Crippen molar-refractivity contribution in [3.05, 3.63) is 29.8 Å². The summed E-state index contributed by atoms with van der Waals surface area (Å²) in [5.41, 5.74) is 1.63. The maximum absolute atomic E-state index is 12.4. The lowest BCUT2D eigenvalue weighted by atomic mass is 9.96. The molecule has 0 atom stereocenters. The van der Waals surface area contributed by atoms with E-state index in [1.165, 1.54) is 0 Å². The number of urea groups is 1. The Kier molecular flexibility index (Phi) is 6.38. The molecular weight excluding hydrogens is 322 g/mol. The van der Waals surface area contributed by atoms with E-state index in [2.05, 4.69) is 5.32 Å². The lowest BCUT2D eigenvalue weighted by molar-refractivity contribution is -0.137. The molecule has 1 saturated heterocycles. The molecule has 2 N–H and O–H groups in total. The number of rotatable bonds is 5. The number of amides is 3. The molecule has 25 heavy (non-hydrogen) atoms. The predicted molar refractivity (Wildman–Crippen MR) is 94.4 cm³/mol. The maximum Gasteiger partial charge on any atom is 0.319 e. The van der Waals surface area contributed by atoms with Crippen LogP contribution in [0.5, 0.6) is 0 Å². The fourth-order valence-electron chi connectivity index (χ4n) is 2.87. The van der Waals surface area contributed by atoms with Crippen molar-refractivity contribution in [3.8, 4) is 0 Å². The van der Waals surface area contributed by atoms with Gasteiger partial charge in [-0.05, 0) is 37.0 Å². The second-order valence-electron chi connectivity index (χ2n) is 6.52. The molecule has 7 nitrogen and oxygen atoms in total. The largest absolute Gasteiger partial charge is 0.481 e. The number of benzene rings is 1. The molecule has 0 aromatic heterocycles. The number of hydrogen-bond donors (Lipinski definition) is 2. The van der Waals surface area contributed by atoms with Gasteiger partial charge in [0.2, 0.25) is 5.91 Å². The van der Waals surface area contributed by atoms with E-state index in [1.54, 1.807) is 36.0 Å². The first-order valence-corrected chi connectivity index (χ1v) is 8.44. The highest BCUT2D eigenvalue weighted by molar-refractivity contribution is 5.92. The van der Waals surface area contributed by atoms with Gasteiger partial charge in [0, 0.05) is 45.2 Å². The molecule has 0 unspecified atom stereocenters. The van der Waals surface area contributed by atoms with Crippen LogP contribution in [-0.2, 0) is 16.0 Å². The van der Waals surface area contributed by atoms with Crippen molar-refractivity contribution in [3.63, 3.8) is 0 Å². The third-order valence-corrected chi connectivity index (χ3v) is 4.37. The number of nitrogens with one attached hydrogen (secondary N) is 1. The van der Waals surface area contributed by atoms with Crippen LogP contribution in [-0.4, -0.2) is 60.0 Å². The Morgan fingerprint density at radius 1 is 1.16 bits per heavy atom. The minimum absolute atomic E-state index is 0.0178. The van der Waals surface area contributed by atoms with E-state index in [0.717, 1.165) is 5.56 Å². The molecule has 0 spiro atoms. The Morgan fingerprint density at radius 3 is 2.28 bits per heavy atom. The zero-order chi connectivity index (χ0) is 18.4. The monoisotopic (exact) mass is 347 g/mol. The summed E-state index contributed by atoms with van der Waals surface area (Å²) in [4.78, 5) is 38.2. The lowest BCUT2D eigenvalue weighted by Crippen LogP contribution is -2.45. The normalized spacial score (nSPS) is 14.9. The first kappa shape index (κ1) is 18.8. The van der Waals surface area contributed by atoms with Gasteiger partial charge in [-0.25, -0.2) is 4.79 Å². The summed E-state index contributed by atoms with van der Waals surface area (Å²) < 4.78 is 0. The Hall–Kier alpha value is -2.57. The van der Waals surface area contributed by atoms with E-state index in [4.69, 9.17) is 5.11 Å². The molecule has 0 saturated carbocycles. The summed E-state index contributed by atoms with van der Waals surface area (Å²) in [6, 6.07) is 7.23. The van der Waals surface area contributed by atoms with Crippen LogP contribution in [0.15, 0.2) is 24.3 Å². The van der Waals surface area contributed by atoms with E-state index in [0.29, 0.717) is 38.0 Å². The molecule has 3 amide bonds. The minimum atomic E-state index is -0.823. The smallest absolute Gasteiger partial charge is 0.319 e. The number of hydrogen-bond acceptors (Lipinski definition) is 3. The van der Waals surface area contributed by atoms with Crippen LogP contribution in [0, 0.1) is 5.92 Å². The van der Waals surface area contributed by atoms with Crippen molar-refractivity contribution in [2.75, 3.05) is 32.5 Å². The standard InChI is InChI=1S/C18H25N3O4/c1-20(2)18(25)21-11-9-14(10-12-21)17(24)19-15-6-3-13(4-7-15)5-8-16(22)23/h3-4,6-7,14H,5,8-12H2,1-2H3,(H,19,24)(H,22,23). The number of carbonyl (C=O) groups is 3. The van der Waals surface area contributed by atoms with Crippen molar-refractivity contribution in [2.45, 2.75) is 25.7 Å². The predicted octanol–water partition coefficient (Wildman–Crippen LogP) is 2.04. The molecule has 1 aliphatic rings. The van der Waals surface area contributed by atoms with Gasteiger partial charge in [0.1, 0.15) is 0 Å². The highest BCUT2D eigenvalue weighted by Crippen LogP contribution is 2.20. The molecule has 1 aromatic rings. The number of carboxylic acid groups (broad SMARTS) is 1. The van der Waals surface area contributed by atoms with Crippen LogP contribution in [0.25, 0.3) is 0 Å². The molecule has 1 fully saturated rings. The number of anilines is 1. The Labute approximate surface area is 147 Å². The summed E-state index contributed by atoms with van der Waals surface area (Å²) in [6.45, 7) is 1.17. The zero-order valence-electron chi connectivity index (χ0n) is 14.7. The number of likely N-dealkylation sites (tertiary alicyclic amines) is 1. The third-order valence-electron chi connectivity index (χ3n) is 4.37. The first-order valence-electron chi connectivity index (χ1n) is 8.44. The number of carbonyl (C=O) groups excluding carboxylic acids is 2. The highest BCUT2D eigenvalue weighted by atomic mass is 16.4. The van der Waals surface area contributed by atoms with Crippen LogP contribution >= 0.6 is 0 Å². The average Bonchev–Trinajstić information content (AvgIpc) is 2.60. The van der Waals surface area contributed by atoms with Crippen molar-refractivity contribution < 1.29 is 19.5 Å². The highest BCUT2D eigenvalue weighted by Gasteiger charge is 2.27. The van der Waals surface area contributed by atoms with Crippen LogP contribution in [0.1, 0.15) is 24.8 Å². The Balaban J connectivity index is 1.82. The number of piperidine rings is 1. The molecular formula is C18H25N3O4. The first-order chi connectivity index (χ1) is 11.9. The summed E-state index contributed by atoms with van der Waals surface area (Å²) in [5, 5.41) is 11.6. The Bertz CT molecular complexity index is 620. The Morgan fingerprint density at radius 2 is 1.76 bits per heavy atom. The summed E-state index contributed by atoms with van der Waals surface area (Å²) in [7, 11) is 3.45. The number of aryl methyl sites for hydroxylation is 1. The molecule has 0 bridgehead atoms. The van der Waals surface area contributed by atoms with Gasteiger partial charge in [-0.3, -0.25) is 9.59 Å². The number of aliphatic carboxylic acids is 1. The molecule has 1 aromatic carbocycles. The third kappa shape index (κ3) is 5.48. The number of carboxylic acids is 1. The second kappa shape index (κ2) is 8.50. The van der Waals surface area contributed by atoms with Gasteiger partial charge in [-0.1, -0.05) is 12.1 Å². The van der Waals surface area contributed by atoms with Gasteiger partial charge in [-0.15, -0.1) is 0 Å². The molecule has 1 aliphatic heterocycles. The number of nitrogens with zero attached hydrogens (tertiary/aromatic N) is 2. The van der Waals surface area contributed by atoms with Gasteiger partial charge >= 0.3 is 12.0 Å². The van der Waals surface area contributed by atoms with Crippen LogP contribution in [0.4, 0.5) is 10.5 Å². The van der Waals surface area contributed by atoms with Crippen LogP contribution < -0.4 is 5.32 Å². The molecule has 7 heteroatoms. The van der Waals surface area contributed by atoms with Crippen molar-refractivity contribution in [1.82, 2.24) is 9.80 Å². The summed E-state index contributed by atoms with van der Waals surface area (Å²) in [6.07, 6.45) is 1.88. The minimum Gasteiger partial charge on any atom is -0.481 e. The van der Waals surface area contributed by atoms with Gasteiger partial charge in [0.15, 0.2) is 0 Å². The van der Waals surface area contributed by atoms with E-state index >= 15 is 0 Å². The van der Waals surface area contributed by atoms with Gasteiger partial charge in [0.25, 0.3) is 0 Å². The molecule has 136 valence electrons. The molecule has 2 rings (SSSR count). The lowest BCUT2D eigenvalue weighted by Gasteiger charge is -2.33. The van der Waals surface area contributed by atoms with Gasteiger partial charge in [0.05, 0.1) is 0 Å². The molecule has 1 heterocycles. The molecule has 0 radical (unpaired) electrons. The SMILES string of the molecule is CN(C)C(=O)N1CCC(C(=O)Nc2ccc(CCC(=O)O)cc2)CC1. The topological polar surface area (TPSA) is 90.0 Å². The fraction of sp³-hybridized carbons (Fsp3) is 0.500. The van der Waals surface area contributed by atoms with Gasteiger partial charge in [-0.2, -0.15) is 0 Å². The van der Waals surface area contributed by atoms with E-state index in [9.17, 15) is 14.4 Å². The van der Waals surface area contributed by atoms with E-state index in [-0.39, 0.29) is 24.3 Å². The van der Waals surface area contributed by atoms with Crippen LogP contribution in [0.3, 0.4) is 0 Å². The van der Waals surface area contributed by atoms with Crippen molar-refractivity contribution >= 4 is 23.6 Å². The van der Waals surface area contributed by atoms with Gasteiger partial charge < -0.3 is 20.2 Å². The molecule has 0 aliphatic carbocycles.